The molecule has 0 saturated carbocycles. The normalized spacial score (nSPS) is 10.3. The van der Waals surface area contributed by atoms with Gasteiger partial charge in [0, 0.05) is 13.1 Å². The number of methoxy groups -OCH3 is 1. The Morgan fingerprint density at radius 1 is 1.30 bits per heavy atom. The number of carbonyl (C=O) groups excluding carboxylic acids is 1. The third-order valence-electron chi connectivity index (χ3n) is 3.21. The molecule has 1 aromatic heterocycles. The Morgan fingerprint density at radius 3 is 2.40 bits per heavy atom. The molecule has 0 aliphatic carbocycles. The van der Waals surface area contributed by atoms with Crippen molar-refractivity contribution < 1.29 is 9.53 Å². The van der Waals surface area contributed by atoms with Gasteiger partial charge in [0.1, 0.15) is 5.82 Å². The van der Waals surface area contributed by atoms with E-state index in [9.17, 15) is 4.79 Å². The number of hydrogen-bond donors (Lipinski definition) is 1. The molecule has 1 aromatic rings. The van der Waals surface area contributed by atoms with Crippen LogP contribution >= 0.6 is 0 Å². The first-order valence-corrected chi connectivity index (χ1v) is 7.22. The molecule has 0 atom stereocenters. The second-order valence-electron chi connectivity index (χ2n) is 4.82. The molecule has 0 aliphatic heterocycles. The molecule has 1 rings (SSSR count). The number of aromatic nitrogens is 1. The van der Waals surface area contributed by atoms with E-state index >= 15 is 0 Å². The molecule has 0 aliphatic rings. The van der Waals surface area contributed by atoms with Crippen molar-refractivity contribution in [3.8, 4) is 0 Å². The fraction of sp³-hybridized carbons (Fsp3) is 0.600. The molecular weight excluding hydrogens is 254 g/mol. The summed E-state index contributed by atoms with van der Waals surface area (Å²) in [4.78, 5) is 18.3. The van der Waals surface area contributed by atoms with Crippen LogP contribution in [-0.4, -0.2) is 31.2 Å². The first-order valence-electron chi connectivity index (χ1n) is 7.22. The summed E-state index contributed by atoms with van der Waals surface area (Å²) in [5, 5.41) is 0. The number of carbonyl (C=O) groups is 1. The van der Waals surface area contributed by atoms with E-state index in [0.29, 0.717) is 11.3 Å². The summed E-state index contributed by atoms with van der Waals surface area (Å²) >= 11 is 0. The Morgan fingerprint density at radius 2 is 1.90 bits per heavy atom. The smallest absolute Gasteiger partial charge is 0.340 e. The van der Waals surface area contributed by atoms with E-state index in [4.69, 9.17) is 10.5 Å². The van der Waals surface area contributed by atoms with Gasteiger partial charge < -0.3 is 15.4 Å². The highest BCUT2D eigenvalue weighted by atomic mass is 16.5. The van der Waals surface area contributed by atoms with Crippen molar-refractivity contribution in [3.63, 3.8) is 0 Å². The van der Waals surface area contributed by atoms with E-state index in [1.54, 1.807) is 6.07 Å². The molecule has 0 bridgehead atoms. The van der Waals surface area contributed by atoms with Gasteiger partial charge in [-0.15, -0.1) is 0 Å². The highest BCUT2D eigenvalue weighted by molar-refractivity contribution is 5.95. The fourth-order valence-corrected chi connectivity index (χ4v) is 1.95. The summed E-state index contributed by atoms with van der Waals surface area (Å²) in [6.45, 7) is 6.20. The van der Waals surface area contributed by atoms with E-state index in [0.717, 1.165) is 44.6 Å². The van der Waals surface area contributed by atoms with Crippen LogP contribution in [-0.2, 0) is 4.74 Å². The van der Waals surface area contributed by atoms with Gasteiger partial charge in [-0.05, 0) is 18.9 Å². The Labute approximate surface area is 121 Å². The van der Waals surface area contributed by atoms with Gasteiger partial charge >= 0.3 is 5.97 Å². The van der Waals surface area contributed by atoms with Crippen LogP contribution in [0.3, 0.4) is 0 Å². The average Bonchev–Trinajstić information content (AvgIpc) is 2.47. The van der Waals surface area contributed by atoms with E-state index in [1.165, 1.54) is 13.3 Å². The van der Waals surface area contributed by atoms with Crippen molar-refractivity contribution in [1.82, 2.24) is 4.98 Å². The van der Waals surface area contributed by atoms with Gasteiger partial charge in [0.2, 0.25) is 0 Å². The minimum atomic E-state index is -0.419. The lowest BCUT2D eigenvalue weighted by atomic mass is 10.2. The number of nitrogens with zero attached hydrogens (tertiary/aromatic N) is 2. The predicted octanol–water partition coefficient (Wildman–Crippen LogP) is 2.86. The van der Waals surface area contributed by atoms with Crippen molar-refractivity contribution >= 4 is 17.5 Å². The number of nitrogens with two attached hydrogens (primary N) is 1. The zero-order valence-electron chi connectivity index (χ0n) is 12.7. The van der Waals surface area contributed by atoms with Crippen molar-refractivity contribution in [2.45, 2.75) is 39.5 Å². The Bertz CT molecular complexity index is 427. The Balaban J connectivity index is 2.97. The zero-order valence-corrected chi connectivity index (χ0v) is 12.7. The Kier molecular flexibility index (Phi) is 6.84. The largest absolute Gasteiger partial charge is 0.465 e. The number of rotatable bonds is 8. The number of hydrogen-bond acceptors (Lipinski definition) is 5. The van der Waals surface area contributed by atoms with Gasteiger partial charge in [0.25, 0.3) is 0 Å². The number of pyridine rings is 1. The minimum Gasteiger partial charge on any atom is -0.465 e. The van der Waals surface area contributed by atoms with Crippen molar-refractivity contribution in [2.75, 3.05) is 30.8 Å². The van der Waals surface area contributed by atoms with E-state index < -0.39 is 5.97 Å². The molecule has 112 valence electrons. The maximum absolute atomic E-state index is 11.7. The Hall–Kier alpha value is -1.78. The number of nitrogen functional groups attached to an aromatic ring is 1. The lowest BCUT2D eigenvalue weighted by molar-refractivity contribution is 0.0602. The molecule has 0 radical (unpaired) electrons. The number of ether oxygens (including phenoxy) is 1. The van der Waals surface area contributed by atoms with Crippen LogP contribution in [0.5, 0.6) is 0 Å². The van der Waals surface area contributed by atoms with Crippen LogP contribution in [0.1, 0.15) is 49.9 Å². The van der Waals surface area contributed by atoms with Gasteiger partial charge in [-0.3, -0.25) is 0 Å². The first-order chi connectivity index (χ1) is 9.63. The van der Waals surface area contributed by atoms with Gasteiger partial charge in [0.05, 0.1) is 24.6 Å². The maximum atomic E-state index is 11.7. The molecule has 0 saturated heterocycles. The second kappa shape index (κ2) is 8.40. The number of esters is 1. The van der Waals surface area contributed by atoms with E-state index in [-0.39, 0.29) is 0 Å². The van der Waals surface area contributed by atoms with Crippen LogP contribution in [0.4, 0.5) is 11.5 Å². The standard InChI is InChI=1S/C15H25N3O2/c1-4-6-8-18(9-7-5-2)14-10-12(15(19)20-3)13(16)11-17-14/h10-11H,4-9,16H2,1-3H3. The number of anilines is 2. The van der Waals surface area contributed by atoms with Crippen LogP contribution in [0.15, 0.2) is 12.3 Å². The molecule has 5 nitrogen and oxygen atoms in total. The van der Waals surface area contributed by atoms with Gasteiger partial charge in [-0.1, -0.05) is 26.7 Å². The van der Waals surface area contributed by atoms with Crippen LogP contribution in [0, 0.1) is 0 Å². The molecule has 1 heterocycles. The summed E-state index contributed by atoms with van der Waals surface area (Å²) < 4.78 is 4.75. The summed E-state index contributed by atoms with van der Waals surface area (Å²) in [6, 6.07) is 1.73. The maximum Gasteiger partial charge on any atom is 0.340 e. The predicted molar refractivity (Wildman–Crippen MR) is 82.0 cm³/mol. The second-order valence-corrected chi connectivity index (χ2v) is 4.82. The lowest BCUT2D eigenvalue weighted by Gasteiger charge is -2.24. The van der Waals surface area contributed by atoms with Gasteiger partial charge in [0.15, 0.2) is 0 Å². The highest BCUT2D eigenvalue weighted by Gasteiger charge is 2.14. The van der Waals surface area contributed by atoms with E-state index in [1.807, 2.05) is 0 Å². The van der Waals surface area contributed by atoms with Gasteiger partial charge in [-0.2, -0.15) is 0 Å². The van der Waals surface area contributed by atoms with Gasteiger partial charge in [-0.25, -0.2) is 9.78 Å². The minimum absolute atomic E-state index is 0.353. The molecule has 2 N–H and O–H groups in total. The molecule has 0 fully saturated rings. The third-order valence-corrected chi connectivity index (χ3v) is 3.21. The summed E-state index contributed by atoms with van der Waals surface area (Å²) in [5.41, 5.74) is 6.52. The van der Waals surface area contributed by atoms with Crippen LogP contribution in [0.25, 0.3) is 0 Å². The summed E-state index contributed by atoms with van der Waals surface area (Å²) in [7, 11) is 1.35. The molecule has 20 heavy (non-hydrogen) atoms. The fourth-order valence-electron chi connectivity index (χ4n) is 1.95. The average molecular weight is 279 g/mol. The lowest BCUT2D eigenvalue weighted by Crippen LogP contribution is -2.27. The highest BCUT2D eigenvalue weighted by Crippen LogP contribution is 2.20. The third kappa shape index (κ3) is 4.40. The molecule has 0 spiro atoms. The van der Waals surface area contributed by atoms with E-state index in [2.05, 4.69) is 23.7 Å². The van der Waals surface area contributed by atoms with Crippen molar-refractivity contribution in [3.05, 3.63) is 17.8 Å². The number of unbranched alkanes of at least 4 members (excludes halogenated alkanes) is 2. The molecular formula is C15H25N3O2. The zero-order chi connectivity index (χ0) is 15.0. The topological polar surface area (TPSA) is 68.5 Å². The first kappa shape index (κ1) is 16.3. The molecule has 0 amide bonds. The molecule has 0 aromatic carbocycles. The van der Waals surface area contributed by atoms with Crippen molar-refractivity contribution in [2.24, 2.45) is 0 Å². The van der Waals surface area contributed by atoms with Crippen LogP contribution in [0.2, 0.25) is 0 Å². The molecule has 0 unspecified atom stereocenters. The van der Waals surface area contributed by atoms with Crippen molar-refractivity contribution in [1.29, 1.82) is 0 Å². The summed E-state index contributed by atoms with van der Waals surface area (Å²) in [6.07, 6.45) is 5.99. The SMILES string of the molecule is CCCCN(CCCC)c1cc(C(=O)OC)c(N)cn1. The van der Waals surface area contributed by atoms with Crippen LogP contribution < -0.4 is 10.6 Å². The monoisotopic (exact) mass is 279 g/mol. The quantitative estimate of drug-likeness (QED) is 0.741. The summed E-state index contributed by atoms with van der Waals surface area (Å²) in [5.74, 6) is 0.374. The molecule has 5 heteroatoms.